The molecule has 2 aromatic rings. The Hall–Kier alpha value is -1.66. The molecule has 3 N–H and O–H groups in total. The Bertz CT molecular complexity index is 678. The van der Waals surface area contributed by atoms with Crippen molar-refractivity contribution in [2.45, 2.75) is 13.0 Å². The van der Waals surface area contributed by atoms with Crippen molar-refractivity contribution >= 4 is 27.5 Å². The van der Waals surface area contributed by atoms with Crippen LogP contribution in [0, 0.1) is 0 Å². The van der Waals surface area contributed by atoms with Crippen molar-refractivity contribution in [1.82, 2.24) is 9.78 Å². The van der Waals surface area contributed by atoms with Crippen LogP contribution in [0.4, 0.5) is 5.69 Å². The third-order valence-corrected chi connectivity index (χ3v) is 4.09. The van der Waals surface area contributed by atoms with Crippen LogP contribution in [0.15, 0.2) is 22.7 Å². The summed E-state index contributed by atoms with van der Waals surface area (Å²) in [6, 6.07) is 5.93. The van der Waals surface area contributed by atoms with Crippen LogP contribution in [-0.4, -0.2) is 15.7 Å². The van der Waals surface area contributed by atoms with Gasteiger partial charge in [0.25, 0.3) is 0 Å². The van der Waals surface area contributed by atoms with Crippen molar-refractivity contribution in [3.63, 3.8) is 0 Å². The second-order valence-electron chi connectivity index (χ2n) is 4.53. The van der Waals surface area contributed by atoms with Gasteiger partial charge in [0.1, 0.15) is 0 Å². The maximum atomic E-state index is 11.4. The summed E-state index contributed by atoms with van der Waals surface area (Å²) in [5, 5.41) is 7.20. The van der Waals surface area contributed by atoms with Gasteiger partial charge in [-0.2, -0.15) is 5.10 Å². The summed E-state index contributed by atoms with van der Waals surface area (Å²) in [5.74, 6) is 0.0406. The molecule has 1 aliphatic rings. The van der Waals surface area contributed by atoms with Crippen LogP contribution in [0.2, 0.25) is 0 Å². The molecule has 0 aliphatic carbocycles. The summed E-state index contributed by atoms with van der Waals surface area (Å²) < 4.78 is 2.72. The van der Waals surface area contributed by atoms with Gasteiger partial charge in [0.2, 0.25) is 5.91 Å². The number of rotatable bonds is 2. The molecule has 0 saturated carbocycles. The highest BCUT2D eigenvalue weighted by molar-refractivity contribution is 9.10. The maximum Gasteiger partial charge on any atom is 0.228 e. The molecule has 1 aliphatic heterocycles. The molecule has 0 fully saturated rings. The smallest absolute Gasteiger partial charge is 0.228 e. The van der Waals surface area contributed by atoms with Crippen LogP contribution in [0.1, 0.15) is 11.3 Å². The molecular weight excluding hydrogens is 308 g/mol. The summed E-state index contributed by atoms with van der Waals surface area (Å²) in [6.07, 6.45) is 0.433. The summed E-state index contributed by atoms with van der Waals surface area (Å²) >= 11 is 3.55. The summed E-state index contributed by atoms with van der Waals surface area (Å²) in [7, 11) is 1.88. The van der Waals surface area contributed by atoms with Gasteiger partial charge in [-0.05, 0) is 33.6 Å². The van der Waals surface area contributed by atoms with Crippen molar-refractivity contribution in [1.29, 1.82) is 0 Å². The molecular formula is C13H13BrN4O. The van der Waals surface area contributed by atoms with Crippen LogP contribution in [0.5, 0.6) is 0 Å². The zero-order chi connectivity index (χ0) is 13.6. The van der Waals surface area contributed by atoms with E-state index in [9.17, 15) is 4.79 Å². The number of aryl methyl sites for hydroxylation is 1. The van der Waals surface area contributed by atoms with Crippen LogP contribution < -0.4 is 11.1 Å². The minimum Gasteiger partial charge on any atom is -0.326 e. The second kappa shape index (κ2) is 4.47. The first-order valence-corrected chi connectivity index (χ1v) is 6.74. The van der Waals surface area contributed by atoms with Gasteiger partial charge in [-0.15, -0.1) is 0 Å². The highest BCUT2D eigenvalue weighted by Gasteiger charge is 2.20. The zero-order valence-electron chi connectivity index (χ0n) is 10.4. The predicted octanol–water partition coefficient (Wildman–Crippen LogP) is 1.80. The van der Waals surface area contributed by atoms with Gasteiger partial charge in [0.05, 0.1) is 22.3 Å². The molecule has 1 aromatic carbocycles. The van der Waals surface area contributed by atoms with Crippen LogP contribution in [-0.2, 0) is 24.8 Å². The number of nitrogens with two attached hydrogens (primary N) is 1. The monoisotopic (exact) mass is 320 g/mol. The van der Waals surface area contributed by atoms with Gasteiger partial charge < -0.3 is 11.1 Å². The van der Waals surface area contributed by atoms with E-state index in [4.69, 9.17) is 5.73 Å². The maximum absolute atomic E-state index is 11.4. The van der Waals surface area contributed by atoms with Gasteiger partial charge in [0, 0.05) is 24.8 Å². The lowest BCUT2D eigenvalue weighted by atomic mass is 10.1. The fraction of sp³-hybridized carbons (Fsp3) is 0.231. The number of carbonyl (C=O) groups is 1. The highest BCUT2D eigenvalue weighted by atomic mass is 79.9. The Balaban J connectivity index is 2.11. The largest absolute Gasteiger partial charge is 0.326 e. The predicted molar refractivity (Wildman–Crippen MR) is 76.6 cm³/mol. The molecule has 6 heteroatoms. The Morgan fingerprint density at radius 3 is 3.00 bits per heavy atom. The number of nitrogens with one attached hydrogen (secondary N) is 1. The molecule has 3 rings (SSSR count). The lowest BCUT2D eigenvalue weighted by Crippen LogP contribution is -2.03. The molecule has 19 heavy (non-hydrogen) atoms. The zero-order valence-corrected chi connectivity index (χ0v) is 12.0. The first kappa shape index (κ1) is 12.4. The van der Waals surface area contributed by atoms with Gasteiger partial charge in [-0.3, -0.25) is 9.48 Å². The third-order valence-electron chi connectivity index (χ3n) is 3.25. The number of halogens is 1. The lowest BCUT2D eigenvalue weighted by Gasteiger charge is -2.05. The molecule has 0 atom stereocenters. The van der Waals surface area contributed by atoms with E-state index < -0.39 is 0 Å². The lowest BCUT2D eigenvalue weighted by molar-refractivity contribution is -0.115. The Labute approximate surface area is 118 Å². The molecule has 0 bridgehead atoms. The molecule has 0 spiro atoms. The number of fused-ring (bicyclic) bond motifs is 1. The first-order chi connectivity index (χ1) is 9.10. The van der Waals surface area contributed by atoms with Crippen molar-refractivity contribution in [3.8, 4) is 11.3 Å². The van der Waals surface area contributed by atoms with E-state index in [0.29, 0.717) is 13.0 Å². The highest BCUT2D eigenvalue weighted by Crippen LogP contribution is 2.34. The summed E-state index contributed by atoms with van der Waals surface area (Å²) in [4.78, 5) is 11.4. The van der Waals surface area contributed by atoms with Gasteiger partial charge in [-0.25, -0.2) is 0 Å². The average Bonchev–Trinajstić information content (AvgIpc) is 2.87. The molecule has 1 aromatic heterocycles. The Kier molecular flexibility index (Phi) is 2.91. The fourth-order valence-electron chi connectivity index (χ4n) is 2.37. The van der Waals surface area contributed by atoms with E-state index in [1.165, 1.54) is 0 Å². The normalized spacial score (nSPS) is 13.5. The quantitative estimate of drug-likeness (QED) is 0.886. The number of benzene rings is 1. The number of amides is 1. The van der Waals surface area contributed by atoms with Crippen LogP contribution >= 0.6 is 15.9 Å². The van der Waals surface area contributed by atoms with Crippen LogP contribution in [0.3, 0.4) is 0 Å². The number of anilines is 1. The van der Waals surface area contributed by atoms with Crippen molar-refractivity contribution in [2.24, 2.45) is 12.8 Å². The summed E-state index contributed by atoms with van der Waals surface area (Å²) in [6.45, 7) is 0.388. The minimum atomic E-state index is 0.0406. The number of nitrogens with zero attached hydrogens (tertiary/aromatic N) is 2. The average molecular weight is 321 g/mol. The molecule has 0 saturated heterocycles. The minimum absolute atomic E-state index is 0.0406. The number of hydrogen-bond acceptors (Lipinski definition) is 3. The van der Waals surface area contributed by atoms with Crippen molar-refractivity contribution < 1.29 is 4.79 Å². The summed E-state index contributed by atoms with van der Waals surface area (Å²) in [5.41, 5.74) is 10.4. The Morgan fingerprint density at radius 2 is 2.32 bits per heavy atom. The Morgan fingerprint density at radius 1 is 1.53 bits per heavy atom. The van der Waals surface area contributed by atoms with Gasteiger partial charge >= 0.3 is 0 Å². The van der Waals surface area contributed by atoms with E-state index in [0.717, 1.165) is 32.7 Å². The van der Waals surface area contributed by atoms with E-state index in [2.05, 4.69) is 26.3 Å². The molecule has 98 valence electrons. The van der Waals surface area contributed by atoms with E-state index in [1.54, 1.807) is 4.68 Å². The number of hydrogen-bond donors (Lipinski definition) is 2. The number of aromatic nitrogens is 2. The molecule has 2 heterocycles. The van der Waals surface area contributed by atoms with E-state index in [-0.39, 0.29) is 5.91 Å². The second-order valence-corrected chi connectivity index (χ2v) is 5.33. The van der Waals surface area contributed by atoms with Crippen molar-refractivity contribution in [2.75, 3.05) is 5.32 Å². The first-order valence-electron chi connectivity index (χ1n) is 5.94. The van der Waals surface area contributed by atoms with E-state index >= 15 is 0 Å². The SMILES string of the molecule is Cn1nc(CN)c(Br)c1-c1ccc2c(c1)CC(=O)N2. The van der Waals surface area contributed by atoms with E-state index in [1.807, 2.05) is 25.2 Å². The molecule has 0 unspecified atom stereocenters. The van der Waals surface area contributed by atoms with Crippen LogP contribution in [0.25, 0.3) is 11.3 Å². The molecule has 1 amide bonds. The molecule has 0 radical (unpaired) electrons. The topological polar surface area (TPSA) is 72.9 Å². The number of carbonyl (C=O) groups excluding carboxylic acids is 1. The van der Waals surface area contributed by atoms with Gasteiger partial charge in [0.15, 0.2) is 0 Å². The third kappa shape index (κ3) is 1.97. The van der Waals surface area contributed by atoms with Gasteiger partial charge in [-0.1, -0.05) is 6.07 Å². The fourth-order valence-corrected chi connectivity index (χ4v) is 3.10. The van der Waals surface area contributed by atoms with Crippen molar-refractivity contribution in [3.05, 3.63) is 33.9 Å². The standard InChI is InChI=1S/C13H13BrN4O/c1-18-13(12(14)10(6-15)17-18)7-2-3-9-8(4-7)5-11(19)16-9/h2-4H,5-6,15H2,1H3,(H,16,19). The molecule has 5 nitrogen and oxygen atoms in total.